The molecule has 0 aliphatic heterocycles. The van der Waals surface area contributed by atoms with Crippen molar-refractivity contribution in [3.63, 3.8) is 0 Å². The molecule has 0 saturated heterocycles. The molecule has 0 aliphatic carbocycles. The minimum Gasteiger partial charge on any atom is -0.446 e. The van der Waals surface area contributed by atoms with Crippen LogP contribution in [0, 0.1) is 6.92 Å². The number of nitrogens with zero attached hydrogens (tertiary/aromatic N) is 2. The first-order chi connectivity index (χ1) is 5.29. The van der Waals surface area contributed by atoms with Crippen LogP contribution in [-0.4, -0.2) is 9.38 Å². The van der Waals surface area contributed by atoms with E-state index < -0.39 is 0 Å². The molecule has 0 N–H and O–H groups in total. The molecule has 2 heterocycles. The van der Waals surface area contributed by atoms with Crippen molar-refractivity contribution >= 4 is 5.71 Å². The lowest BCUT2D eigenvalue weighted by Crippen LogP contribution is -2.10. The van der Waals surface area contributed by atoms with Gasteiger partial charge in [-0.3, -0.25) is 9.20 Å². The Morgan fingerprint density at radius 1 is 1.64 bits per heavy atom. The predicted molar refractivity (Wildman–Crippen MR) is 38.5 cm³/mol. The van der Waals surface area contributed by atoms with Crippen LogP contribution in [0.1, 0.15) is 5.56 Å². The van der Waals surface area contributed by atoms with E-state index in [0.29, 0.717) is 11.3 Å². The van der Waals surface area contributed by atoms with Crippen LogP contribution in [0.3, 0.4) is 0 Å². The topological polar surface area (TPSA) is 47.5 Å². The number of aryl methyl sites for hydroxylation is 1. The monoisotopic (exact) mass is 150 g/mol. The second-order valence-electron chi connectivity index (χ2n) is 2.29. The SMILES string of the molecule is Cc1c(=O)ncn2ccoc12. The van der Waals surface area contributed by atoms with E-state index in [4.69, 9.17) is 4.42 Å². The molecule has 0 amide bonds. The first-order valence-corrected chi connectivity index (χ1v) is 3.20. The quantitative estimate of drug-likeness (QED) is 0.552. The summed E-state index contributed by atoms with van der Waals surface area (Å²) in [7, 11) is 0. The minimum atomic E-state index is -0.236. The summed E-state index contributed by atoms with van der Waals surface area (Å²) in [5.74, 6) is 0. The van der Waals surface area contributed by atoms with Crippen LogP contribution in [0.4, 0.5) is 0 Å². The van der Waals surface area contributed by atoms with Crippen LogP contribution >= 0.6 is 0 Å². The van der Waals surface area contributed by atoms with Crippen molar-refractivity contribution in [3.05, 3.63) is 34.7 Å². The molecule has 4 nitrogen and oxygen atoms in total. The summed E-state index contributed by atoms with van der Waals surface area (Å²) in [5.41, 5.74) is 0.863. The number of hydrogen-bond donors (Lipinski definition) is 0. The first kappa shape index (κ1) is 6.15. The van der Waals surface area contributed by atoms with Gasteiger partial charge in [0.1, 0.15) is 12.6 Å². The maximum atomic E-state index is 10.9. The fourth-order valence-electron chi connectivity index (χ4n) is 0.965. The summed E-state index contributed by atoms with van der Waals surface area (Å²) in [6, 6.07) is 0. The molecule has 4 heteroatoms. The van der Waals surface area contributed by atoms with Crippen molar-refractivity contribution in [1.82, 2.24) is 9.38 Å². The standard InChI is InChI=1S/C7H6N2O2/c1-5-6(10)8-4-9-2-3-11-7(5)9/h2-4H,1H3. The van der Waals surface area contributed by atoms with Crippen LogP contribution in [-0.2, 0) is 0 Å². The van der Waals surface area contributed by atoms with Gasteiger partial charge >= 0.3 is 0 Å². The maximum absolute atomic E-state index is 10.9. The molecule has 11 heavy (non-hydrogen) atoms. The Morgan fingerprint density at radius 3 is 3.27 bits per heavy atom. The van der Waals surface area contributed by atoms with Crippen LogP contribution < -0.4 is 5.56 Å². The van der Waals surface area contributed by atoms with Gasteiger partial charge in [-0.15, -0.1) is 0 Å². The zero-order valence-electron chi connectivity index (χ0n) is 5.94. The van der Waals surface area contributed by atoms with Crippen molar-refractivity contribution in [2.75, 3.05) is 0 Å². The van der Waals surface area contributed by atoms with E-state index in [1.165, 1.54) is 12.6 Å². The van der Waals surface area contributed by atoms with Crippen molar-refractivity contribution < 1.29 is 4.42 Å². The molecule has 0 aliphatic rings. The third-order valence-electron chi connectivity index (χ3n) is 1.58. The Morgan fingerprint density at radius 2 is 2.45 bits per heavy atom. The molecule has 0 atom stereocenters. The zero-order chi connectivity index (χ0) is 7.84. The van der Waals surface area contributed by atoms with Gasteiger partial charge in [0.25, 0.3) is 5.56 Å². The number of hydrogen-bond acceptors (Lipinski definition) is 3. The lowest BCUT2D eigenvalue weighted by molar-refractivity contribution is 0.601. The smallest absolute Gasteiger partial charge is 0.279 e. The Hall–Kier alpha value is -1.58. The van der Waals surface area contributed by atoms with Gasteiger partial charge in [0, 0.05) is 6.20 Å². The van der Waals surface area contributed by atoms with E-state index in [1.807, 2.05) is 0 Å². The van der Waals surface area contributed by atoms with E-state index in [1.54, 1.807) is 17.5 Å². The molecule has 0 aromatic carbocycles. The Labute approximate surface area is 62.1 Å². The van der Waals surface area contributed by atoms with Gasteiger partial charge in [-0.05, 0) is 6.92 Å². The van der Waals surface area contributed by atoms with Gasteiger partial charge < -0.3 is 4.42 Å². The average molecular weight is 150 g/mol. The van der Waals surface area contributed by atoms with E-state index in [0.717, 1.165) is 0 Å². The van der Waals surface area contributed by atoms with E-state index in [2.05, 4.69) is 4.98 Å². The van der Waals surface area contributed by atoms with Crippen molar-refractivity contribution in [2.24, 2.45) is 0 Å². The summed E-state index contributed by atoms with van der Waals surface area (Å²) >= 11 is 0. The highest BCUT2D eigenvalue weighted by atomic mass is 16.3. The fourth-order valence-corrected chi connectivity index (χ4v) is 0.965. The van der Waals surface area contributed by atoms with E-state index in [9.17, 15) is 4.79 Å². The lowest BCUT2D eigenvalue weighted by atomic mass is 10.4. The van der Waals surface area contributed by atoms with Gasteiger partial charge in [-0.25, -0.2) is 0 Å². The molecule has 0 spiro atoms. The third-order valence-corrected chi connectivity index (χ3v) is 1.58. The van der Waals surface area contributed by atoms with Gasteiger partial charge in [0.2, 0.25) is 5.71 Å². The molecular weight excluding hydrogens is 144 g/mol. The van der Waals surface area contributed by atoms with E-state index >= 15 is 0 Å². The maximum Gasteiger partial charge on any atom is 0.279 e. The first-order valence-electron chi connectivity index (χ1n) is 3.20. The van der Waals surface area contributed by atoms with Gasteiger partial charge in [-0.2, -0.15) is 4.98 Å². The predicted octanol–water partition coefficient (Wildman–Crippen LogP) is 0.596. The Balaban J connectivity index is 3.04. The van der Waals surface area contributed by atoms with Crippen molar-refractivity contribution in [1.29, 1.82) is 0 Å². The second kappa shape index (κ2) is 1.95. The minimum absolute atomic E-state index is 0.236. The molecule has 2 aromatic rings. The number of rotatable bonds is 0. The summed E-state index contributed by atoms with van der Waals surface area (Å²) < 4.78 is 6.72. The zero-order valence-corrected chi connectivity index (χ0v) is 5.94. The molecule has 56 valence electrons. The molecule has 0 saturated carbocycles. The Bertz CT molecular complexity index is 441. The van der Waals surface area contributed by atoms with Crippen molar-refractivity contribution in [3.8, 4) is 0 Å². The number of aromatic nitrogens is 2. The van der Waals surface area contributed by atoms with Crippen LogP contribution in [0.5, 0.6) is 0 Å². The molecule has 0 radical (unpaired) electrons. The van der Waals surface area contributed by atoms with Crippen LogP contribution in [0.2, 0.25) is 0 Å². The van der Waals surface area contributed by atoms with Gasteiger partial charge in [0.05, 0.1) is 5.56 Å². The number of fused-ring (bicyclic) bond motifs is 1. The van der Waals surface area contributed by atoms with Gasteiger partial charge in [0.15, 0.2) is 0 Å². The van der Waals surface area contributed by atoms with Gasteiger partial charge in [-0.1, -0.05) is 0 Å². The summed E-state index contributed by atoms with van der Waals surface area (Å²) in [6.45, 7) is 1.69. The third kappa shape index (κ3) is 0.756. The highest BCUT2D eigenvalue weighted by Crippen LogP contribution is 2.03. The molecule has 2 rings (SSSR count). The Kier molecular flexibility index (Phi) is 1.09. The van der Waals surface area contributed by atoms with Crippen LogP contribution in [0.25, 0.3) is 5.71 Å². The molecule has 0 fully saturated rings. The normalized spacial score (nSPS) is 10.6. The molecule has 0 unspecified atom stereocenters. The fraction of sp³-hybridized carbons (Fsp3) is 0.143. The molecule has 2 aromatic heterocycles. The highest BCUT2D eigenvalue weighted by Gasteiger charge is 2.02. The summed E-state index contributed by atoms with van der Waals surface area (Å²) in [4.78, 5) is 14.6. The van der Waals surface area contributed by atoms with E-state index in [-0.39, 0.29) is 5.56 Å². The summed E-state index contributed by atoms with van der Waals surface area (Å²) in [6.07, 6.45) is 4.66. The molecule has 0 bridgehead atoms. The largest absolute Gasteiger partial charge is 0.446 e. The highest BCUT2D eigenvalue weighted by molar-refractivity contribution is 5.40. The second-order valence-corrected chi connectivity index (χ2v) is 2.29. The average Bonchev–Trinajstić information content (AvgIpc) is 2.45. The summed E-state index contributed by atoms with van der Waals surface area (Å²) in [5, 5.41) is 0. The van der Waals surface area contributed by atoms with Crippen molar-refractivity contribution in [2.45, 2.75) is 6.92 Å². The molecular formula is C7H6N2O2. The number of oxazole rings is 1. The lowest BCUT2D eigenvalue weighted by Gasteiger charge is -1.91. The van der Waals surface area contributed by atoms with Crippen LogP contribution in [0.15, 0.2) is 28.0 Å².